The molecule has 0 saturated carbocycles. The number of aromatic nitrogens is 4. The summed E-state index contributed by atoms with van der Waals surface area (Å²) in [6.45, 7) is 2.44. The van der Waals surface area contributed by atoms with Crippen LogP contribution < -0.4 is 10.6 Å². The highest BCUT2D eigenvalue weighted by Crippen LogP contribution is 2.38. The predicted octanol–water partition coefficient (Wildman–Crippen LogP) is 2.82. The molecule has 0 spiro atoms. The van der Waals surface area contributed by atoms with Crippen molar-refractivity contribution < 1.29 is 9.59 Å². The number of rotatable bonds is 5. The van der Waals surface area contributed by atoms with Gasteiger partial charge in [-0.1, -0.05) is 12.1 Å². The molecule has 0 aliphatic heterocycles. The first kappa shape index (κ1) is 19.3. The van der Waals surface area contributed by atoms with E-state index >= 15 is 0 Å². The van der Waals surface area contributed by atoms with Gasteiger partial charge < -0.3 is 10.6 Å². The molecule has 0 bridgehead atoms. The molecule has 0 unspecified atom stereocenters. The molecule has 0 fully saturated rings. The monoisotopic (exact) mass is 410 g/mol. The molecular formula is C20H22N6O2S. The van der Waals surface area contributed by atoms with Crippen LogP contribution in [0.2, 0.25) is 0 Å². The van der Waals surface area contributed by atoms with Crippen molar-refractivity contribution >= 4 is 28.2 Å². The molecule has 0 radical (unpaired) electrons. The van der Waals surface area contributed by atoms with Crippen LogP contribution in [0.4, 0.5) is 5.00 Å². The topological polar surface area (TPSA) is 102 Å². The lowest BCUT2D eigenvalue weighted by atomic mass is 9.95. The van der Waals surface area contributed by atoms with Crippen LogP contribution in [-0.2, 0) is 19.9 Å². The Hall–Kier alpha value is -3.07. The fourth-order valence-electron chi connectivity index (χ4n) is 3.59. The average Bonchev–Trinajstić information content (AvgIpc) is 3.31. The van der Waals surface area contributed by atoms with Gasteiger partial charge in [-0.05, 0) is 60.7 Å². The number of tetrazole rings is 1. The lowest BCUT2D eigenvalue weighted by Gasteiger charge is -2.13. The molecule has 150 valence electrons. The third-order valence-corrected chi connectivity index (χ3v) is 6.17. The Kier molecular flexibility index (Phi) is 5.39. The second-order valence-corrected chi connectivity index (χ2v) is 8.04. The van der Waals surface area contributed by atoms with Gasteiger partial charge in [0, 0.05) is 29.6 Å². The van der Waals surface area contributed by atoms with Gasteiger partial charge in [0.05, 0.1) is 5.56 Å². The quantitative estimate of drug-likeness (QED) is 0.673. The van der Waals surface area contributed by atoms with Crippen molar-refractivity contribution in [3.05, 3.63) is 45.8 Å². The Labute approximate surface area is 172 Å². The Balaban J connectivity index is 1.64. The molecule has 29 heavy (non-hydrogen) atoms. The third kappa shape index (κ3) is 3.77. The highest BCUT2D eigenvalue weighted by atomic mass is 32.1. The number of nitrogens with zero attached hydrogens (tertiary/aromatic N) is 4. The number of carbonyl (C=O) groups excluding carboxylic acids is 2. The maximum atomic E-state index is 13.0. The number of aryl methyl sites for hydroxylation is 2. The van der Waals surface area contributed by atoms with Crippen LogP contribution in [0.5, 0.6) is 0 Å². The summed E-state index contributed by atoms with van der Waals surface area (Å²) in [7, 11) is 1.75. The van der Waals surface area contributed by atoms with Crippen LogP contribution in [0.3, 0.4) is 0 Å². The van der Waals surface area contributed by atoms with E-state index in [0.29, 0.717) is 28.5 Å². The normalized spacial score (nSPS) is 13.0. The number of thiophene rings is 1. The van der Waals surface area contributed by atoms with E-state index in [2.05, 4.69) is 26.2 Å². The first-order valence-corrected chi connectivity index (χ1v) is 10.5. The summed E-state index contributed by atoms with van der Waals surface area (Å²) in [6, 6.07) is 7.14. The fourth-order valence-corrected chi connectivity index (χ4v) is 4.87. The highest BCUT2D eigenvalue weighted by Gasteiger charge is 2.26. The molecule has 3 aromatic rings. The van der Waals surface area contributed by atoms with Gasteiger partial charge in [-0.3, -0.25) is 9.59 Å². The maximum absolute atomic E-state index is 13.0. The zero-order valence-corrected chi connectivity index (χ0v) is 17.2. The van der Waals surface area contributed by atoms with Crippen molar-refractivity contribution in [2.24, 2.45) is 7.05 Å². The van der Waals surface area contributed by atoms with Crippen LogP contribution >= 0.6 is 11.3 Å². The molecule has 2 aromatic heterocycles. The summed E-state index contributed by atoms with van der Waals surface area (Å²) in [5.74, 6) is 0.196. The highest BCUT2D eigenvalue weighted by molar-refractivity contribution is 7.17. The lowest BCUT2D eigenvalue weighted by molar-refractivity contribution is 0.0956. The van der Waals surface area contributed by atoms with Crippen molar-refractivity contribution in [1.29, 1.82) is 0 Å². The minimum absolute atomic E-state index is 0.124. The molecule has 8 nitrogen and oxygen atoms in total. The Morgan fingerprint density at radius 3 is 2.79 bits per heavy atom. The van der Waals surface area contributed by atoms with Crippen LogP contribution in [-0.4, -0.2) is 38.6 Å². The number of fused-ring (bicyclic) bond motifs is 1. The van der Waals surface area contributed by atoms with Gasteiger partial charge in [-0.2, -0.15) is 0 Å². The minimum Gasteiger partial charge on any atom is -0.352 e. The molecule has 1 aliphatic carbocycles. The van der Waals surface area contributed by atoms with Crippen LogP contribution in [0.15, 0.2) is 24.3 Å². The van der Waals surface area contributed by atoms with E-state index in [1.807, 2.05) is 13.0 Å². The number of benzene rings is 1. The number of hydrogen-bond donors (Lipinski definition) is 2. The molecule has 2 amide bonds. The van der Waals surface area contributed by atoms with Gasteiger partial charge in [0.25, 0.3) is 11.8 Å². The van der Waals surface area contributed by atoms with E-state index < -0.39 is 0 Å². The summed E-state index contributed by atoms with van der Waals surface area (Å²) >= 11 is 1.51. The second-order valence-electron chi connectivity index (χ2n) is 6.94. The summed E-state index contributed by atoms with van der Waals surface area (Å²) in [4.78, 5) is 26.9. The number of carbonyl (C=O) groups is 2. The maximum Gasteiger partial charge on any atom is 0.256 e. The number of nitrogens with one attached hydrogen (secondary N) is 2. The molecule has 2 N–H and O–H groups in total. The first-order valence-electron chi connectivity index (χ1n) is 9.65. The first-order chi connectivity index (χ1) is 14.1. The molecular weight excluding hydrogens is 388 g/mol. The van der Waals surface area contributed by atoms with Gasteiger partial charge in [-0.15, -0.1) is 16.4 Å². The lowest BCUT2D eigenvalue weighted by Crippen LogP contribution is -2.25. The Morgan fingerprint density at radius 1 is 1.21 bits per heavy atom. The van der Waals surface area contributed by atoms with Crippen molar-refractivity contribution in [2.45, 2.75) is 32.6 Å². The number of hydrogen-bond acceptors (Lipinski definition) is 6. The molecule has 1 aromatic carbocycles. The zero-order valence-electron chi connectivity index (χ0n) is 16.4. The standard InChI is InChI=1S/C20H22N6O2S/c1-3-21-19(28)16-14-9-4-5-10-15(14)29-20(16)22-18(27)13-8-6-7-12(11-13)17-23-24-25-26(17)2/h6-8,11H,3-5,9-10H2,1-2H3,(H,21,28)(H,22,27). The van der Waals surface area contributed by atoms with E-state index in [4.69, 9.17) is 0 Å². The summed E-state index contributed by atoms with van der Waals surface area (Å²) in [6.07, 6.45) is 4.01. The second kappa shape index (κ2) is 8.12. The summed E-state index contributed by atoms with van der Waals surface area (Å²) < 4.78 is 1.55. The Bertz CT molecular complexity index is 1070. The number of amides is 2. The number of anilines is 1. The van der Waals surface area contributed by atoms with Crippen molar-refractivity contribution in [2.75, 3.05) is 11.9 Å². The van der Waals surface area contributed by atoms with Gasteiger partial charge in [0.15, 0.2) is 5.82 Å². The van der Waals surface area contributed by atoms with Crippen molar-refractivity contribution in [1.82, 2.24) is 25.5 Å². The summed E-state index contributed by atoms with van der Waals surface area (Å²) in [5.41, 5.74) is 2.94. The van der Waals surface area contributed by atoms with Crippen LogP contribution in [0.25, 0.3) is 11.4 Å². The smallest absolute Gasteiger partial charge is 0.256 e. The van der Waals surface area contributed by atoms with E-state index in [1.54, 1.807) is 29.9 Å². The van der Waals surface area contributed by atoms with Gasteiger partial charge in [0.2, 0.25) is 0 Å². The molecule has 1 aliphatic rings. The zero-order chi connectivity index (χ0) is 20.4. The fraction of sp³-hybridized carbons (Fsp3) is 0.350. The van der Waals surface area contributed by atoms with Crippen LogP contribution in [0.1, 0.15) is 50.9 Å². The van der Waals surface area contributed by atoms with Crippen molar-refractivity contribution in [3.8, 4) is 11.4 Å². The third-order valence-electron chi connectivity index (χ3n) is 4.97. The molecule has 2 heterocycles. The molecule has 0 atom stereocenters. The largest absolute Gasteiger partial charge is 0.352 e. The van der Waals surface area contributed by atoms with Gasteiger partial charge >= 0.3 is 0 Å². The van der Waals surface area contributed by atoms with Gasteiger partial charge in [0.1, 0.15) is 5.00 Å². The SMILES string of the molecule is CCNC(=O)c1c(NC(=O)c2cccc(-c3nnnn3C)c2)sc2c1CCCC2. The molecule has 4 rings (SSSR count). The van der Waals surface area contributed by atoms with Crippen molar-refractivity contribution in [3.63, 3.8) is 0 Å². The van der Waals surface area contributed by atoms with E-state index in [0.717, 1.165) is 36.8 Å². The van der Waals surface area contributed by atoms with E-state index in [1.165, 1.54) is 16.2 Å². The average molecular weight is 411 g/mol. The molecule has 9 heteroatoms. The molecule has 0 saturated heterocycles. The Morgan fingerprint density at radius 2 is 2.03 bits per heavy atom. The summed E-state index contributed by atoms with van der Waals surface area (Å²) in [5, 5.41) is 17.9. The van der Waals surface area contributed by atoms with E-state index in [-0.39, 0.29) is 11.8 Å². The van der Waals surface area contributed by atoms with Crippen LogP contribution in [0, 0.1) is 0 Å². The minimum atomic E-state index is -0.258. The van der Waals surface area contributed by atoms with E-state index in [9.17, 15) is 9.59 Å². The van der Waals surface area contributed by atoms with Gasteiger partial charge in [-0.25, -0.2) is 4.68 Å². The predicted molar refractivity (Wildman–Crippen MR) is 111 cm³/mol.